The number of benzene rings is 5. The number of nitro groups is 1. The van der Waals surface area contributed by atoms with E-state index < -0.39 is 14.9 Å². The summed E-state index contributed by atoms with van der Waals surface area (Å²) < 4.78 is 30.3. The Balaban J connectivity index is 1.03. The molecular formula is C47H53ClN8O4S2. The van der Waals surface area contributed by atoms with Gasteiger partial charge in [0.05, 0.1) is 15.3 Å². The number of sulfonamides is 1. The van der Waals surface area contributed by atoms with Crippen molar-refractivity contribution in [2.45, 2.75) is 55.5 Å². The van der Waals surface area contributed by atoms with E-state index in [9.17, 15) is 18.5 Å². The van der Waals surface area contributed by atoms with Crippen LogP contribution in [0.3, 0.4) is 0 Å². The third kappa shape index (κ3) is 11.6. The number of anilines is 3. The predicted molar refractivity (Wildman–Crippen MR) is 254 cm³/mol. The van der Waals surface area contributed by atoms with Gasteiger partial charge in [-0.15, -0.1) is 11.8 Å². The maximum absolute atomic E-state index is 13.9. The van der Waals surface area contributed by atoms with Crippen LogP contribution in [0.25, 0.3) is 22.0 Å². The number of nitrogens with zero attached hydrogens (tertiary/aromatic N) is 6. The smallest absolute Gasteiger partial charge is 0.293 e. The summed E-state index contributed by atoms with van der Waals surface area (Å²) in [6.07, 6.45) is 4.17. The quantitative estimate of drug-likeness (QED) is 0.0431. The summed E-state index contributed by atoms with van der Waals surface area (Å²) in [5.74, 6) is 0.770. The van der Waals surface area contributed by atoms with Gasteiger partial charge in [0.1, 0.15) is 12.0 Å². The second kappa shape index (κ2) is 21.2. The number of rotatable bonds is 20. The molecule has 1 fully saturated rings. The van der Waals surface area contributed by atoms with Crippen molar-refractivity contribution in [1.29, 1.82) is 0 Å². The molecule has 0 spiro atoms. The summed E-state index contributed by atoms with van der Waals surface area (Å²) in [7, 11) is -4.28. The van der Waals surface area contributed by atoms with E-state index in [1.165, 1.54) is 29.6 Å². The molecule has 0 radical (unpaired) electrons. The standard InChI is InChI=1S/C47H53ClN8O4S2/c1-3-23-53(24-4-2)25-22-38(33-61-40-11-6-5-7-12-40)51-44-21-19-41(31-46(44)56(57)58)62(59,60)52-47-43-20-18-39(30-45(43)49-34-50-47)55-28-26-54(27-29-55)32-36-10-8-9-13-42(36)35-14-16-37(48)17-15-35/h5-21,30-31,34,38,51H,3-4,22-29,32-33H2,1-2H3,(H,49,50,52)/t38-/m1/s1. The number of thioether (sulfide) groups is 1. The Labute approximate surface area is 373 Å². The summed E-state index contributed by atoms with van der Waals surface area (Å²) in [6, 6.07) is 36.1. The van der Waals surface area contributed by atoms with E-state index in [0.29, 0.717) is 21.7 Å². The summed E-state index contributed by atoms with van der Waals surface area (Å²) in [4.78, 5) is 28.7. The molecule has 15 heteroatoms. The minimum atomic E-state index is -4.28. The lowest BCUT2D eigenvalue weighted by Crippen LogP contribution is -2.46. The van der Waals surface area contributed by atoms with Crippen molar-refractivity contribution in [2.75, 3.05) is 66.5 Å². The number of nitrogens with one attached hydrogen (secondary N) is 2. The van der Waals surface area contributed by atoms with Gasteiger partial charge in [-0.05, 0) is 104 Å². The number of piperazine rings is 1. The van der Waals surface area contributed by atoms with Crippen molar-refractivity contribution in [3.63, 3.8) is 0 Å². The predicted octanol–water partition coefficient (Wildman–Crippen LogP) is 10.1. The largest absolute Gasteiger partial charge is 0.376 e. The van der Waals surface area contributed by atoms with E-state index in [-0.39, 0.29) is 28.1 Å². The first-order valence-electron chi connectivity index (χ1n) is 21.1. The Morgan fingerprint density at radius 2 is 1.58 bits per heavy atom. The van der Waals surface area contributed by atoms with Gasteiger partial charge in [-0.3, -0.25) is 19.7 Å². The van der Waals surface area contributed by atoms with Gasteiger partial charge >= 0.3 is 0 Å². The Morgan fingerprint density at radius 3 is 2.31 bits per heavy atom. The molecule has 1 saturated heterocycles. The van der Waals surface area contributed by atoms with E-state index in [4.69, 9.17) is 11.6 Å². The third-order valence-corrected chi connectivity index (χ3v) is 13.8. The molecule has 6 aromatic rings. The normalized spacial score (nSPS) is 14.0. The van der Waals surface area contributed by atoms with Crippen LogP contribution in [-0.4, -0.2) is 90.7 Å². The van der Waals surface area contributed by atoms with Gasteiger partial charge in [0.25, 0.3) is 15.7 Å². The lowest BCUT2D eigenvalue weighted by Gasteiger charge is -2.36. The van der Waals surface area contributed by atoms with Crippen LogP contribution in [0.2, 0.25) is 5.02 Å². The van der Waals surface area contributed by atoms with Gasteiger partial charge in [-0.1, -0.05) is 80.0 Å². The van der Waals surface area contributed by atoms with Gasteiger partial charge in [0.2, 0.25) is 0 Å². The highest BCUT2D eigenvalue weighted by molar-refractivity contribution is 7.99. The van der Waals surface area contributed by atoms with Crippen molar-refractivity contribution in [3.05, 3.63) is 142 Å². The first kappa shape index (κ1) is 44.8. The fraction of sp³-hybridized carbons (Fsp3) is 0.319. The highest BCUT2D eigenvalue weighted by atomic mass is 35.5. The zero-order chi connectivity index (χ0) is 43.5. The molecule has 0 unspecified atom stereocenters. The first-order chi connectivity index (χ1) is 30.1. The van der Waals surface area contributed by atoms with Gasteiger partial charge in [-0.2, -0.15) is 0 Å². The zero-order valence-electron chi connectivity index (χ0n) is 35.1. The van der Waals surface area contributed by atoms with Crippen LogP contribution in [0.15, 0.2) is 131 Å². The molecule has 2 N–H and O–H groups in total. The second-order valence-electron chi connectivity index (χ2n) is 15.5. The molecular weight excluding hydrogens is 840 g/mol. The van der Waals surface area contributed by atoms with Crippen molar-refractivity contribution >= 4 is 67.2 Å². The Bertz CT molecular complexity index is 2540. The molecule has 324 valence electrons. The molecule has 62 heavy (non-hydrogen) atoms. The van der Waals surface area contributed by atoms with E-state index in [1.54, 1.807) is 11.8 Å². The molecule has 5 aromatic carbocycles. The molecule has 0 aliphatic carbocycles. The average Bonchev–Trinajstić information content (AvgIpc) is 3.28. The highest BCUT2D eigenvalue weighted by Crippen LogP contribution is 2.33. The van der Waals surface area contributed by atoms with Crippen molar-refractivity contribution in [3.8, 4) is 11.1 Å². The second-order valence-corrected chi connectivity index (χ2v) is 18.7. The molecule has 0 saturated carbocycles. The number of nitro benzene ring substituents is 1. The minimum Gasteiger partial charge on any atom is -0.376 e. The molecule has 1 aliphatic heterocycles. The number of hydrogen-bond acceptors (Lipinski definition) is 11. The van der Waals surface area contributed by atoms with Crippen LogP contribution in [0.5, 0.6) is 0 Å². The Kier molecular flexibility index (Phi) is 15.3. The van der Waals surface area contributed by atoms with Crippen molar-refractivity contribution in [2.24, 2.45) is 0 Å². The van der Waals surface area contributed by atoms with Crippen LogP contribution in [0, 0.1) is 10.1 Å². The molecule has 1 aromatic heterocycles. The summed E-state index contributed by atoms with van der Waals surface area (Å²) in [6.45, 7) is 11.3. The zero-order valence-corrected chi connectivity index (χ0v) is 37.5. The van der Waals surface area contributed by atoms with Gasteiger partial charge in [0, 0.05) is 78.1 Å². The van der Waals surface area contributed by atoms with E-state index >= 15 is 0 Å². The third-order valence-electron chi connectivity index (χ3n) is 11.1. The van der Waals surface area contributed by atoms with Gasteiger partial charge < -0.3 is 15.1 Å². The lowest BCUT2D eigenvalue weighted by atomic mass is 9.99. The molecule has 1 atom stereocenters. The number of hydrogen-bond donors (Lipinski definition) is 2. The highest BCUT2D eigenvalue weighted by Gasteiger charge is 2.25. The van der Waals surface area contributed by atoms with Gasteiger partial charge in [0.15, 0.2) is 5.82 Å². The van der Waals surface area contributed by atoms with Crippen LogP contribution < -0.4 is 14.9 Å². The van der Waals surface area contributed by atoms with E-state index in [1.807, 2.05) is 60.7 Å². The molecule has 1 aliphatic rings. The fourth-order valence-corrected chi connectivity index (χ4v) is 10.0. The minimum absolute atomic E-state index is 0.0947. The number of fused-ring (bicyclic) bond motifs is 1. The van der Waals surface area contributed by atoms with Crippen molar-refractivity contribution < 1.29 is 13.3 Å². The number of aromatic nitrogens is 2. The van der Waals surface area contributed by atoms with Gasteiger partial charge in [-0.25, -0.2) is 18.4 Å². The Morgan fingerprint density at radius 1 is 0.855 bits per heavy atom. The van der Waals surface area contributed by atoms with Crippen LogP contribution in [0.1, 0.15) is 38.7 Å². The maximum Gasteiger partial charge on any atom is 0.293 e. The molecule has 0 amide bonds. The monoisotopic (exact) mass is 892 g/mol. The fourth-order valence-electron chi connectivity index (χ4n) is 7.87. The first-order valence-corrected chi connectivity index (χ1v) is 24.0. The molecule has 0 bridgehead atoms. The SMILES string of the molecule is CCCN(CCC)CC[C@H](CSc1ccccc1)Nc1ccc(S(=O)(=O)Nc2ncnc3cc(N4CCN(Cc5ccccc5-c5ccc(Cl)cc5)CC4)ccc23)cc1[N+](=O)[O-]. The van der Waals surface area contributed by atoms with Crippen molar-refractivity contribution in [1.82, 2.24) is 19.8 Å². The summed E-state index contributed by atoms with van der Waals surface area (Å²) >= 11 is 7.83. The van der Waals surface area contributed by atoms with E-state index in [0.717, 1.165) is 93.8 Å². The average molecular weight is 894 g/mol. The summed E-state index contributed by atoms with van der Waals surface area (Å²) in [5, 5.41) is 17.1. The Hall–Kier alpha value is -5.25. The molecule has 2 heterocycles. The maximum atomic E-state index is 13.9. The molecule has 7 rings (SSSR count). The van der Waals surface area contributed by atoms with Crippen LogP contribution in [0.4, 0.5) is 22.9 Å². The number of halogens is 1. The topological polar surface area (TPSA) is 137 Å². The van der Waals surface area contributed by atoms with Crippen LogP contribution in [-0.2, 0) is 16.6 Å². The van der Waals surface area contributed by atoms with E-state index in [2.05, 4.69) is 85.0 Å². The molecule has 12 nitrogen and oxygen atoms in total. The van der Waals surface area contributed by atoms with Crippen LogP contribution >= 0.6 is 23.4 Å². The lowest BCUT2D eigenvalue weighted by molar-refractivity contribution is -0.384. The summed E-state index contributed by atoms with van der Waals surface area (Å²) in [5.41, 5.74) is 5.12.